The Morgan fingerprint density at radius 2 is 2.15 bits per heavy atom. The smallest absolute Gasteiger partial charge is 0.376 e. The highest BCUT2D eigenvalue weighted by Gasteiger charge is 2.16. The van der Waals surface area contributed by atoms with Gasteiger partial charge < -0.3 is 15.2 Å². The Morgan fingerprint density at radius 1 is 1.45 bits per heavy atom. The molecule has 0 aliphatic rings. The van der Waals surface area contributed by atoms with Crippen molar-refractivity contribution in [3.63, 3.8) is 0 Å². The van der Waals surface area contributed by atoms with E-state index >= 15 is 0 Å². The first-order valence-corrected chi connectivity index (χ1v) is 6.38. The summed E-state index contributed by atoms with van der Waals surface area (Å²) in [6.07, 6.45) is 1.53. The molecule has 1 rings (SSSR count). The lowest BCUT2D eigenvalue weighted by Gasteiger charge is -2.17. The second-order valence-corrected chi connectivity index (χ2v) is 4.44. The standard InChI is InChI=1S/C13H19N3O4/c1-4-5-9(7-11(17)18)15-10-6-8(2)14-12(16-10)13(19)20-3/h6,9H,4-5,7H2,1-3H3,(H,17,18)(H,14,15,16). The number of carbonyl (C=O) groups is 2. The van der Waals surface area contributed by atoms with E-state index in [1.165, 1.54) is 7.11 Å². The summed E-state index contributed by atoms with van der Waals surface area (Å²) in [7, 11) is 1.26. The van der Waals surface area contributed by atoms with Crippen LogP contribution in [0.25, 0.3) is 0 Å². The molecule has 7 heteroatoms. The lowest BCUT2D eigenvalue weighted by molar-refractivity contribution is -0.137. The maximum Gasteiger partial charge on any atom is 0.376 e. The molecule has 110 valence electrons. The molecule has 0 saturated heterocycles. The molecule has 1 heterocycles. The largest absolute Gasteiger partial charge is 0.481 e. The Kier molecular flexibility index (Phi) is 5.89. The summed E-state index contributed by atoms with van der Waals surface area (Å²) < 4.78 is 4.58. The summed E-state index contributed by atoms with van der Waals surface area (Å²) in [6.45, 7) is 3.70. The normalized spacial score (nSPS) is 11.8. The van der Waals surface area contributed by atoms with E-state index in [4.69, 9.17) is 5.11 Å². The third-order valence-corrected chi connectivity index (χ3v) is 2.63. The Hall–Kier alpha value is -2.18. The number of aliphatic carboxylic acids is 1. The minimum atomic E-state index is -0.880. The topological polar surface area (TPSA) is 101 Å². The molecule has 0 aliphatic carbocycles. The summed E-state index contributed by atoms with van der Waals surface area (Å²) in [6, 6.07) is 1.43. The van der Waals surface area contributed by atoms with E-state index in [9.17, 15) is 9.59 Å². The Morgan fingerprint density at radius 3 is 2.70 bits per heavy atom. The van der Waals surface area contributed by atoms with Crippen LogP contribution >= 0.6 is 0 Å². The molecule has 7 nitrogen and oxygen atoms in total. The van der Waals surface area contributed by atoms with Gasteiger partial charge in [0.1, 0.15) is 5.82 Å². The summed E-state index contributed by atoms with van der Waals surface area (Å²) in [5, 5.41) is 11.9. The van der Waals surface area contributed by atoms with E-state index in [1.807, 2.05) is 6.92 Å². The number of aromatic nitrogens is 2. The maximum atomic E-state index is 11.4. The van der Waals surface area contributed by atoms with E-state index < -0.39 is 11.9 Å². The van der Waals surface area contributed by atoms with Gasteiger partial charge in [0.25, 0.3) is 0 Å². The van der Waals surface area contributed by atoms with Gasteiger partial charge in [0.05, 0.1) is 13.5 Å². The number of hydrogen-bond donors (Lipinski definition) is 2. The molecule has 2 N–H and O–H groups in total. The Labute approximate surface area is 117 Å². The van der Waals surface area contributed by atoms with Gasteiger partial charge in [0.2, 0.25) is 5.82 Å². The second-order valence-electron chi connectivity index (χ2n) is 4.44. The number of ether oxygens (including phenoxy) is 1. The molecule has 0 fully saturated rings. The van der Waals surface area contributed by atoms with Crippen molar-refractivity contribution in [3.05, 3.63) is 17.6 Å². The molecule has 1 aromatic rings. The first kappa shape index (κ1) is 15.9. The molecule has 0 aromatic carbocycles. The third-order valence-electron chi connectivity index (χ3n) is 2.63. The molecule has 20 heavy (non-hydrogen) atoms. The van der Waals surface area contributed by atoms with Crippen LogP contribution in [0.5, 0.6) is 0 Å². The predicted molar refractivity (Wildman–Crippen MR) is 72.7 cm³/mol. The number of rotatable bonds is 7. The molecule has 0 radical (unpaired) electrons. The fourth-order valence-corrected chi connectivity index (χ4v) is 1.82. The van der Waals surface area contributed by atoms with Crippen molar-refractivity contribution < 1.29 is 19.4 Å². The summed E-state index contributed by atoms with van der Waals surface area (Å²) in [5.74, 6) is -1.12. The van der Waals surface area contributed by atoms with Crippen molar-refractivity contribution in [1.82, 2.24) is 9.97 Å². The van der Waals surface area contributed by atoms with Gasteiger partial charge in [-0.1, -0.05) is 13.3 Å². The Bertz CT molecular complexity index is 491. The van der Waals surface area contributed by atoms with Crippen LogP contribution < -0.4 is 5.32 Å². The van der Waals surface area contributed by atoms with Gasteiger partial charge in [-0.15, -0.1) is 0 Å². The first-order valence-electron chi connectivity index (χ1n) is 6.38. The number of carboxylic acids is 1. The molecule has 0 spiro atoms. The highest BCUT2D eigenvalue weighted by Crippen LogP contribution is 2.13. The van der Waals surface area contributed by atoms with E-state index in [1.54, 1.807) is 13.0 Å². The molecule has 1 atom stereocenters. The van der Waals surface area contributed by atoms with Crippen LogP contribution in [0.4, 0.5) is 5.82 Å². The highest BCUT2D eigenvalue weighted by atomic mass is 16.5. The molecular weight excluding hydrogens is 262 g/mol. The molecular formula is C13H19N3O4. The van der Waals surface area contributed by atoms with Gasteiger partial charge in [-0.05, 0) is 13.3 Å². The van der Waals surface area contributed by atoms with Crippen LogP contribution in [0.3, 0.4) is 0 Å². The van der Waals surface area contributed by atoms with Gasteiger partial charge in [-0.2, -0.15) is 0 Å². The third kappa shape index (κ3) is 4.83. The molecule has 1 aromatic heterocycles. The molecule has 1 unspecified atom stereocenters. The van der Waals surface area contributed by atoms with Crippen LogP contribution in [-0.2, 0) is 9.53 Å². The summed E-state index contributed by atoms with van der Waals surface area (Å²) >= 11 is 0. The number of anilines is 1. The lowest BCUT2D eigenvalue weighted by Crippen LogP contribution is -2.24. The van der Waals surface area contributed by atoms with Crippen molar-refractivity contribution >= 4 is 17.8 Å². The van der Waals surface area contributed by atoms with Crippen molar-refractivity contribution in [3.8, 4) is 0 Å². The van der Waals surface area contributed by atoms with Gasteiger partial charge in [-0.3, -0.25) is 4.79 Å². The van der Waals surface area contributed by atoms with Crippen LogP contribution in [-0.4, -0.2) is 40.2 Å². The minimum Gasteiger partial charge on any atom is -0.481 e. The van der Waals surface area contributed by atoms with Crippen LogP contribution in [0, 0.1) is 6.92 Å². The molecule has 0 amide bonds. The first-order chi connectivity index (χ1) is 9.46. The Balaban J connectivity index is 2.91. The quantitative estimate of drug-likeness (QED) is 0.732. The fourth-order valence-electron chi connectivity index (χ4n) is 1.82. The summed E-state index contributed by atoms with van der Waals surface area (Å²) in [4.78, 5) is 30.3. The van der Waals surface area contributed by atoms with E-state index in [-0.39, 0.29) is 18.3 Å². The van der Waals surface area contributed by atoms with Crippen molar-refractivity contribution in [1.29, 1.82) is 0 Å². The van der Waals surface area contributed by atoms with Crippen molar-refractivity contribution in [2.75, 3.05) is 12.4 Å². The van der Waals surface area contributed by atoms with Crippen LogP contribution in [0.15, 0.2) is 6.07 Å². The lowest BCUT2D eigenvalue weighted by atomic mass is 10.1. The van der Waals surface area contributed by atoms with Gasteiger partial charge in [-0.25, -0.2) is 14.8 Å². The number of methoxy groups -OCH3 is 1. The average molecular weight is 281 g/mol. The number of hydrogen-bond acceptors (Lipinski definition) is 6. The van der Waals surface area contributed by atoms with E-state index in [0.29, 0.717) is 17.9 Å². The second kappa shape index (κ2) is 7.42. The summed E-state index contributed by atoms with van der Waals surface area (Å²) in [5.41, 5.74) is 0.605. The monoisotopic (exact) mass is 281 g/mol. The fraction of sp³-hybridized carbons (Fsp3) is 0.538. The maximum absolute atomic E-state index is 11.4. The SMILES string of the molecule is CCCC(CC(=O)O)Nc1cc(C)nc(C(=O)OC)n1. The van der Waals surface area contributed by atoms with Gasteiger partial charge >= 0.3 is 11.9 Å². The molecule has 0 saturated carbocycles. The number of carbonyl (C=O) groups excluding carboxylic acids is 1. The number of carboxylic acid groups (broad SMARTS) is 1. The zero-order valence-electron chi connectivity index (χ0n) is 11.8. The molecule has 0 bridgehead atoms. The van der Waals surface area contributed by atoms with Crippen molar-refractivity contribution in [2.24, 2.45) is 0 Å². The van der Waals surface area contributed by atoms with E-state index in [2.05, 4.69) is 20.0 Å². The number of nitrogens with zero attached hydrogens (tertiary/aromatic N) is 2. The van der Waals surface area contributed by atoms with Gasteiger partial charge in [0, 0.05) is 17.8 Å². The average Bonchev–Trinajstić information content (AvgIpc) is 2.36. The van der Waals surface area contributed by atoms with Gasteiger partial charge in [0.15, 0.2) is 0 Å². The molecule has 0 aliphatic heterocycles. The number of aryl methyl sites for hydroxylation is 1. The minimum absolute atomic E-state index is 0.00948. The zero-order chi connectivity index (χ0) is 15.1. The van der Waals surface area contributed by atoms with E-state index in [0.717, 1.165) is 6.42 Å². The number of nitrogens with one attached hydrogen (secondary N) is 1. The zero-order valence-corrected chi connectivity index (χ0v) is 11.8. The predicted octanol–water partition coefficient (Wildman–Crippen LogP) is 1.63. The van der Waals surface area contributed by atoms with Crippen LogP contribution in [0.1, 0.15) is 42.5 Å². The van der Waals surface area contributed by atoms with Crippen molar-refractivity contribution in [2.45, 2.75) is 39.2 Å². The van der Waals surface area contributed by atoms with Crippen LogP contribution in [0.2, 0.25) is 0 Å². The highest BCUT2D eigenvalue weighted by molar-refractivity contribution is 5.85. The number of esters is 1.